The van der Waals surface area contributed by atoms with Crippen LogP contribution in [0.4, 0.5) is 5.69 Å². The van der Waals surface area contributed by atoms with Crippen molar-refractivity contribution in [3.63, 3.8) is 0 Å². The first kappa shape index (κ1) is 16.8. The number of fused-ring (bicyclic) bond motifs is 1. The number of carbonyl (C=O) groups excluding carboxylic acids is 2. The number of hydrogen-bond donors (Lipinski definition) is 2. The van der Waals surface area contributed by atoms with Crippen LogP contribution in [0.15, 0.2) is 48.5 Å². The lowest BCUT2D eigenvalue weighted by Gasteiger charge is -2.18. The molecule has 2 aromatic carbocycles. The Morgan fingerprint density at radius 2 is 2.04 bits per heavy atom. The van der Waals surface area contributed by atoms with Gasteiger partial charge in [0, 0.05) is 13.0 Å². The Morgan fingerprint density at radius 3 is 2.88 bits per heavy atom. The van der Waals surface area contributed by atoms with Crippen LogP contribution in [-0.2, 0) is 16.1 Å². The van der Waals surface area contributed by atoms with Gasteiger partial charge in [0.05, 0.1) is 12.3 Å². The molecule has 2 amide bonds. The van der Waals surface area contributed by atoms with Crippen LogP contribution in [0.25, 0.3) is 0 Å². The van der Waals surface area contributed by atoms with E-state index in [-0.39, 0.29) is 18.4 Å². The van der Waals surface area contributed by atoms with Crippen molar-refractivity contribution >= 4 is 17.5 Å². The lowest BCUT2D eigenvalue weighted by atomic mass is 10.1. The van der Waals surface area contributed by atoms with Gasteiger partial charge in [-0.25, -0.2) is 0 Å². The molecule has 0 saturated heterocycles. The van der Waals surface area contributed by atoms with Crippen LogP contribution in [0.3, 0.4) is 0 Å². The molecule has 2 N–H and O–H groups in total. The minimum atomic E-state index is -0.174. The molecular weight excluding hydrogens is 320 g/mol. The summed E-state index contributed by atoms with van der Waals surface area (Å²) in [4.78, 5) is 23.2. The molecule has 6 heteroatoms. The highest BCUT2D eigenvalue weighted by atomic mass is 16.5. The number of amides is 2. The van der Waals surface area contributed by atoms with Crippen molar-refractivity contribution < 1.29 is 19.1 Å². The van der Waals surface area contributed by atoms with Gasteiger partial charge >= 0.3 is 0 Å². The van der Waals surface area contributed by atoms with E-state index in [0.29, 0.717) is 37.4 Å². The fourth-order valence-corrected chi connectivity index (χ4v) is 2.47. The van der Waals surface area contributed by atoms with E-state index in [1.807, 2.05) is 42.5 Å². The summed E-state index contributed by atoms with van der Waals surface area (Å²) >= 11 is 0. The smallest absolute Gasteiger partial charge is 0.262 e. The van der Waals surface area contributed by atoms with Crippen LogP contribution in [-0.4, -0.2) is 25.0 Å². The van der Waals surface area contributed by atoms with E-state index < -0.39 is 0 Å². The molecule has 1 aliphatic rings. The predicted molar refractivity (Wildman–Crippen MR) is 93.6 cm³/mol. The molecule has 0 fully saturated rings. The van der Waals surface area contributed by atoms with Gasteiger partial charge < -0.3 is 20.1 Å². The normalized spacial score (nSPS) is 12.6. The highest BCUT2D eigenvalue weighted by Crippen LogP contribution is 2.28. The molecule has 3 rings (SSSR count). The molecule has 2 aromatic rings. The summed E-state index contributed by atoms with van der Waals surface area (Å²) in [5, 5.41) is 5.62. The van der Waals surface area contributed by atoms with E-state index in [1.54, 1.807) is 6.07 Å². The summed E-state index contributed by atoms with van der Waals surface area (Å²) in [5.41, 5.74) is 1.54. The van der Waals surface area contributed by atoms with Crippen LogP contribution in [0.2, 0.25) is 0 Å². The van der Waals surface area contributed by atoms with Gasteiger partial charge in [-0.3, -0.25) is 9.59 Å². The first-order chi connectivity index (χ1) is 12.2. The zero-order valence-electron chi connectivity index (χ0n) is 13.8. The largest absolute Gasteiger partial charge is 0.494 e. The molecule has 130 valence electrons. The van der Waals surface area contributed by atoms with Gasteiger partial charge in [0.25, 0.3) is 5.91 Å². The van der Waals surface area contributed by atoms with Gasteiger partial charge in [-0.15, -0.1) is 0 Å². The maximum Gasteiger partial charge on any atom is 0.262 e. The van der Waals surface area contributed by atoms with Crippen molar-refractivity contribution in [2.45, 2.75) is 19.4 Å². The minimum Gasteiger partial charge on any atom is -0.494 e. The second kappa shape index (κ2) is 8.19. The molecule has 1 aliphatic heterocycles. The van der Waals surface area contributed by atoms with Gasteiger partial charge in [0.1, 0.15) is 11.5 Å². The van der Waals surface area contributed by atoms with Crippen molar-refractivity contribution in [3.05, 3.63) is 54.1 Å². The number of ether oxygens (including phenoxy) is 2. The molecular formula is C19H20N2O4. The number of anilines is 1. The third-order valence-corrected chi connectivity index (χ3v) is 3.73. The average Bonchev–Trinajstić information content (AvgIpc) is 2.64. The predicted octanol–water partition coefficient (Wildman–Crippen LogP) is 2.49. The maximum atomic E-state index is 11.9. The zero-order valence-corrected chi connectivity index (χ0v) is 13.8. The van der Waals surface area contributed by atoms with E-state index in [4.69, 9.17) is 9.47 Å². The van der Waals surface area contributed by atoms with E-state index in [2.05, 4.69) is 10.6 Å². The number of carbonyl (C=O) groups is 2. The molecule has 0 aromatic heterocycles. The third-order valence-electron chi connectivity index (χ3n) is 3.73. The SMILES string of the molecule is O=C(CCCOc1ccccc1)NCc1ccc2c(c1)NC(=O)CO2. The summed E-state index contributed by atoms with van der Waals surface area (Å²) < 4.78 is 10.9. The lowest BCUT2D eigenvalue weighted by molar-refractivity contribution is -0.121. The Balaban J connectivity index is 1.39. The van der Waals surface area contributed by atoms with Crippen molar-refractivity contribution in [2.24, 2.45) is 0 Å². The standard InChI is InChI=1S/C19H20N2O4/c22-18(7-4-10-24-15-5-2-1-3-6-15)20-12-14-8-9-17-16(11-14)21-19(23)13-25-17/h1-3,5-6,8-9,11H,4,7,10,12-13H2,(H,20,22)(H,21,23). The summed E-state index contributed by atoms with van der Waals surface area (Å²) in [7, 11) is 0. The van der Waals surface area contributed by atoms with Gasteiger partial charge in [0.2, 0.25) is 5.91 Å². The Bertz CT molecular complexity index is 746. The van der Waals surface area contributed by atoms with Crippen LogP contribution in [0, 0.1) is 0 Å². The summed E-state index contributed by atoms with van der Waals surface area (Å²) in [6, 6.07) is 15.0. The molecule has 0 aliphatic carbocycles. The molecule has 0 bridgehead atoms. The van der Waals surface area contributed by atoms with Crippen LogP contribution in [0.5, 0.6) is 11.5 Å². The molecule has 0 atom stereocenters. The highest BCUT2D eigenvalue weighted by Gasteiger charge is 2.15. The number of rotatable bonds is 7. The number of nitrogens with one attached hydrogen (secondary N) is 2. The summed E-state index contributed by atoms with van der Waals surface area (Å²) in [6.07, 6.45) is 1.05. The van der Waals surface area contributed by atoms with Gasteiger partial charge in [-0.05, 0) is 36.2 Å². The van der Waals surface area contributed by atoms with Gasteiger partial charge in [-0.1, -0.05) is 24.3 Å². The van der Waals surface area contributed by atoms with Crippen molar-refractivity contribution in [2.75, 3.05) is 18.5 Å². The fraction of sp³-hybridized carbons (Fsp3) is 0.263. The Morgan fingerprint density at radius 1 is 1.20 bits per heavy atom. The lowest BCUT2D eigenvalue weighted by Crippen LogP contribution is -2.26. The van der Waals surface area contributed by atoms with Crippen LogP contribution in [0.1, 0.15) is 18.4 Å². The van der Waals surface area contributed by atoms with Gasteiger partial charge in [0.15, 0.2) is 6.61 Å². The summed E-state index contributed by atoms with van der Waals surface area (Å²) in [6.45, 7) is 0.940. The molecule has 6 nitrogen and oxygen atoms in total. The molecule has 0 saturated carbocycles. The van der Waals surface area contributed by atoms with E-state index in [0.717, 1.165) is 11.3 Å². The average molecular weight is 340 g/mol. The first-order valence-electron chi connectivity index (χ1n) is 8.21. The summed E-state index contributed by atoms with van der Waals surface area (Å²) in [5.74, 6) is 1.25. The molecule has 1 heterocycles. The highest BCUT2D eigenvalue weighted by molar-refractivity contribution is 5.95. The Kier molecular flexibility index (Phi) is 5.51. The number of para-hydroxylation sites is 1. The van der Waals surface area contributed by atoms with E-state index in [1.165, 1.54) is 0 Å². The maximum absolute atomic E-state index is 11.9. The second-order valence-electron chi connectivity index (χ2n) is 5.71. The molecule has 25 heavy (non-hydrogen) atoms. The van der Waals surface area contributed by atoms with Gasteiger partial charge in [-0.2, -0.15) is 0 Å². The van der Waals surface area contributed by atoms with E-state index in [9.17, 15) is 9.59 Å². The monoisotopic (exact) mass is 340 g/mol. The fourth-order valence-electron chi connectivity index (χ4n) is 2.47. The number of hydrogen-bond acceptors (Lipinski definition) is 4. The second-order valence-corrected chi connectivity index (χ2v) is 5.71. The molecule has 0 radical (unpaired) electrons. The van der Waals surface area contributed by atoms with E-state index >= 15 is 0 Å². The third kappa shape index (κ3) is 4.97. The molecule has 0 unspecified atom stereocenters. The minimum absolute atomic E-state index is 0.0327. The quantitative estimate of drug-likeness (QED) is 0.759. The van der Waals surface area contributed by atoms with Crippen LogP contribution >= 0.6 is 0 Å². The Hall–Kier alpha value is -3.02. The van der Waals surface area contributed by atoms with Crippen molar-refractivity contribution in [1.29, 1.82) is 0 Å². The van der Waals surface area contributed by atoms with Crippen LogP contribution < -0.4 is 20.1 Å². The molecule has 0 spiro atoms. The topological polar surface area (TPSA) is 76.7 Å². The van der Waals surface area contributed by atoms with Crippen molar-refractivity contribution in [3.8, 4) is 11.5 Å². The zero-order chi connectivity index (χ0) is 17.5. The van der Waals surface area contributed by atoms with Crippen molar-refractivity contribution in [1.82, 2.24) is 5.32 Å². The Labute approximate surface area is 146 Å². The first-order valence-corrected chi connectivity index (χ1v) is 8.21. The number of benzene rings is 2.